The topological polar surface area (TPSA) is 70.4 Å². The van der Waals surface area contributed by atoms with Gasteiger partial charge in [0.2, 0.25) is 5.88 Å². The minimum Gasteiger partial charge on any atom is -0.494 e. The molecule has 5 nitrogen and oxygen atoms in total. The quantitative estimate of drug-likeness (QED) is 0.653. The van der Waals surface area contributed by atoms with E-state index in [4.69, 9.17) is 12.2 Å². The second kappa shape index (κ2) is 5.15. The van der Waals surface area contributed by atoms with Crippen LogP contribution in [-0.2, 0) is 7.05 Å². The van der Waals surface area contributed by atoms with Crippen molar-refractivity contribution in [2.24, 2.45) is 12.0 Å². The van der Waals surface area contributed by atoms with Gasteiger partial charge in [0.05, 0.1) is 5.69 Å². The molecule has 0 fully saturated rings. The zero-order valence-electron chi connectivity index (χ0n) is 9.92. The fourth-order valence-corrected chi connectivity index (χ4v) is 1.59. The molecule has 0 aliphatic carbocycles. The molecule has 0 unspecified atom stereocenters. The third-order valence-corrected chi connectivity index (χ3v) is 2.87. The van der Waals surface area contributed by atoms with Gasteiger partial charge in [-0.1, -0.05) is 0 Å². The van der Waals surface area contributed by atoms with Crippen molar-refractivity contribution in [1.29, 1.82) is 0 Å². The summed E-state index contributed by atoms with van der Waals surface area (Å²) in [6.07, 6.45) is 1.20. The van der Waals surface area contributed by atoms with Gasteiger partial charge >= 0.3 is 0 Å². The standard InChI is InChI=1S/C12H10FN3O2S/c1-16-11(18)9(10(17)15-12(16)19)6-14-8-4-2-7(13)3-5-8/h2-6,18H,1H3,(H,15,17,19). The second-order valence-corrected chi connectivity index (χ2v) is 4.18. The zero-order chi connectivity index (χ0) is 14.0. The summed E-state index contributed by atoms with van der Waals surface area (Å²) in [7, 11) is 1.52. The Bertz CT molecular complexity index is 747. The first-order chi connectivity index (χ1) is 8.99. The highest BCUT2D eigenvalue weighted by atomic mass is 32.1. The van der Waals surface area contributed by atoms with Crippen LogP contribution in [0.1, 0.15) is 5.56 Å². The molecule has 1 heterocycles. The van der Waals surface area contributed by atoms with Gasteiger partial charge in [-0.2, -0.15) is 0 Å². The molecular weight excluding hydrogens is 269 g/mol. The van der Waals surface area contributed by atoms with E-state index in [2.05, 4.69) is 9.98 Å². The van der Waals surface area contributed by atoms with Gasteiger partial charge in [0, 0.05) is 13.3 Å². The first-order valence-electron chi connectivity index (χ1n) is 5.31. The Kier molecular flexibility index (Phi) is 3.57. The molecular formula is C12H10FN3O2S. The number of halogens is 1. The average Bonchev–Trinajstić information content (AvgIpc) is 2.38. The van der Waals surface area contributed by atoms with Gasteiger partial charge in [-0.05, 0) is 36.5 Å². The maximum absolute atomic E-state index is 12.7. The van der Waals surface area contributed by atoms with E-state index in [1.54, 1.807) is 0 Å². The summed E-state index contributed by atoms with van der Waals surface area (Å²) in [6, 6.07) is 5.42. The van der Waals surface area contributed by atoms with Gasteiger partial charge in [0.1, 0.15) is 11.4 Å². The lowest BCUT2D eigenvalue weighted by atomic mass is 10.3. The van der Waals surface area contributed by atoms with Crippen LogP contribution in [0, 0.1) is 10.6 Å². The van der Waals surface area contributed by atoms with Crippen LogP contribution in [0.2, 0.25) is 0 Å². The number of H-pyrrole nitrogens is 1. The monoisotopic (exact) mass is 279 g/mol. The first-order valence-corrected chi connectivity index (χ1v) is 5.72. The largest absolute Gasteiger partial charge is 0.494 e. The van der Waals surface area contributed by atoms with Crippen molar-refractivity contribution in [3.8, 4) is 5.88 Å². The lowest BCUT2D eigenvalue weighted by Gasteiger charge is -2.04. The molecule has 0 saturated carbocycles. The molecule has 0 atom stereocenters. The third-order valence-electron chi connectivity index (χ3n) is 2.50. The summed E-state index contributed by atoms with van der Waals surface area (Å²) in [5.41, 5.74) is -0.0859. The normalized spacial score (nSPS) is 11.1. The number of rotatable bonds is 2. The van der Waals surface area contributed by atoms with Crippen LogP contribution < -0.4 is 5.56 Å². The van der Waals surface area contributed by atoms with Crippen molar-refractivity contribution in [3.63, 3.8) is 0 Å². The summed E-state index contributed by atoms with van der Waals surface area (Å²) >= 11 is 4.84. The molecule has 0 radical (unpaired) electrons. The molecule has 0 spiro atoms. The van der Waals surface area contributed by atoms with E-state index in [0.29, 0.717) is 5.69 Å². The van der Waals surface area contributed by atoms with Gasteiger partial charge in [0.25, 0.3) is 5.56 Å². The number of aromatic amines is 1. The van der Waals surface area contributed by atoms with Crippen molar-refractivity contribution in [1.82, 2.24) is 9.55 Å². The van der Waals surface area contributed by atoms with Gasteiger partial charge < -0.3 is 5.11 Å². The Morgan fingerprint density at radius 2 is 2.05 bits per heavy atom. The summed E-state index contributed by atoms with van der Waals surface area (Å²) < 4.78 is 14.1. The minimum atomic E-state index is -0.536. The number of hydrogen-bond acceptors (Lipinski definition) is 4. The van der Waals surface area contributed by atoms with Crippen LogP contribution in [0.5, 0.6) is 5.88 Å². The van der Waals surface area contributed by atoms with Crippen molar-refractivity contribution in [3.05, 3.63) is 50.8 Å². The Hall–Kier alpha value is -2.28. The summed E-state index contributed by atoms with van der Waals surface area (Å²) in [6.45, 7) is 0. The van der Waals surface area contributed by atoms with Crippen molar-refractivity contribution in [2.75, 3.05) is 0 Å². The molecule has 2 rings (SSSR count). The Labute approximate surface area is 112 Å². The fraction of sp³-hybridized carbons (Fsp3) is 0.0833. The number of aliphatic imine (C=N–C) groups is 1. The molecule has 98 valence electrons. The lowest BCUT2D eigenvalue weighted by molar-refractivity contribution is 0.420. The molecule has 1 aromatic carbocycles. The summed E-state index contributed by atoms with van der Waals surface area (Å²) in [5.74, 6) is -0.652. The second-order valence-electron chi connectivity index (χ2n) is 3.79. The smallest absolute Gasteiger partial charge is 0.264 e. The van der Waals surface area contributed by atoms with Crippen LogP contribution in [0.15, 0.2) is 34.1 Å². The maximum Gasteiger partial charge on any atom is 0.264 e. The zero-order valence-corrected chi connectivity index (χ0v) is 10.7. The highest BCUT2D eigenvalue weighted by Crippen LogP contribution is 2.14. The molecule has 1 aromatic heterocycles. The summed E-state index contributed by atoms with van der Waals surface area (Å²) in [5, 5.41) is 9.81. The highest BCUT2D eigenvalue weighted by molar-refractivity contribution is 7.71. The number of hydrogen-bond donors (Lipinski definition) is 2. The molecule has 2 N–H and O–H groups in total. The number of nitrogens with zero attached hydrogens (tertiary/aromatic N) is 2. The van der Waals surface area contributed by atoms with Crippen molar-refractivity contribution in [2.45, 2.75) is 0 Å². The average molecular weight is 279 g/mol. The van der Waals surface area contributed by atoms with E-state index >= 15 is 0 Å². The van der Waals surface area contributed by atoms with Gasteiger partial charge in [-0.15, -0.1) is 0 Å². The summed E-state index contributed by atoms with van der Waals surface area (Å²) in [4.78, 5) is 18.0. The van der Waals surface area contributed by atoms with Crippen molar-refractivity contribution < 1.29 is 9.50 Å². The molecule has 0 bridgehead atoms. The van der Waals surface area contributed by atoms with E-state index in [0.717, 1.165) is 0 Å². The number of aromatic nitrogens is 2. The minimum absolute atomic E-state index is 0.0135. The Balaban J connectivity index is 2.44. The van der Waals surface area contributed by atoms with Gasteiger partial charge in [0.15, 0.2) is 4.77 Å². The van der Waals surface area contributed by atoms with E-state index in [-0.39, 0.29) is 22.0 Å². The molecule has 0 aliphatic rings. The Morgan fingerprint density at radius 3 is 2.68 bits per heavy atom. The third kappa shape index (κ3) is 2.76. The van der Waals surface area contributed by atoms with Crippen LogP contribution >= 0.6 is 12.2 Å². The molecule has 7 heteroatoms. The molecule has 0 aliphatic heterocycles. The first kappa shape index (κ1) is 13.2. The fourth-order valence-electron chi connectivity index (χ4n) is 1.41. The predicted molar refractivity (Wildman–Crippen MR) is 72.2 cm³/mol. The highest BCUT2D eigenvalue weighted by Gasteiger charge is 2.07. The van der Waals surface area contributed by atoms with Crippen LogP contribution in [-0.4, -0.2) is 20.9 Å². The SMILES string of the molecule is Cn1c(O)c(C=Nc2ccc(F)cc2)c(=O)[nH]c1=S. The number of benzene rings is 1. The lowest BCUT2D eigenvalue weighted by Crippen LogP contribution is -2.17. The molecule has 19 heavy (non-hydrogen) atoms. The van der Waals surface area contributed by atoms with E-state index < -0.39 is 5.56 Å². The number of aromatic hydroxyl groups is 1. The Morgan fingerprint density at radius 1 is 1.42 bits per heavy atom. The van der Waals surface area contributed by atoms with Gasteiger partial charge in [-0.25, -0.2) is 4.39 Å². The predicted octanol–water partition coefficient (Wildman–Crippen LogP) is 2.04. The van der Waals surface area contributed by atoms with Crippen LogP contribution in [0.4, 0.5) is 10.1 Å². The molecule has 0 saturated heterocycles. The molecule has 2 aromatic rings. The van der Waals surface area contributed by atoms with Crippen molar-refractivity contribution >= 4 is 24.1 Å². The van der Waals surface area contributed by atoms with Crippen LogP contribution in [0.25, 0.3) is 0 Å². The van der Waals surface area contributed by atoms with E-state index in [1.165, 1.54) is 42.1 Å². The van der Waals surface area contributed by atoms with E-state index in [9.17, 15) is 14.3 Å². The van der Waals surface area contributed by atoms with Gasteiger partial charge in [-0.3, -0.25) is 19.3 Å². The number of nitrogens with one attached hydrogen (secondary N) is 1. The maximum atomic E-state index is 12.7. The van der Waals surface area contributed by atoms with Crippen LogP contribution in [0.3, 0.4) is 0 Å². The van der Waals surface area contributed by atoms with E-state index in [1.807, 2.05) is 0 Å². The molecule has 0 amide bonds.